The summed E-state index contributed by atoms with van der Waals surface area (Å²) in [7, 11) is 0. The SMILES string of the molecule is CSCC(=O)N1CC[C@@]2(CCCN(Cc3cccc(F)c3F)C2)C1. The number of thioether (sulfide) groups is 1. The highest BCUT2D eigenvalue weighted by molar-refractivity contribution is 7.99. The number of piperidine rings is 1. The average Bonchev–Trinajstić information content (AvgIpc) is 2.96. The van der Waals surface area contributed by atoms with Gasteiger partial charge in [-0.3, -0.25) is 9.69 Å². The normalized spacial score (nSPS) is 24.7. The lowest BCUT2D eigenvalue weighted by Crippen LogP contribution is -2.45. The second kappa shape index (κ2) is 7.40. The van der Waals surface area contributed by atoms with Crippen LogP contribution in [0.3, 0.4) is 0 Å². The first-order valence-corrected chi connectivity index (χ1v) is 9.84. The Bertz CT molecular complexity index is 613. The van der Waals surface area contributed by atoms with Crippen molar-refractivity contribution in [3.8, 4) is 0 Å². The van der Waals surface area contributed by atoms with Crippen molar-refractivity contribution in [3.63, 3.8) is 0 Å². The third kappa shape index (κ3) is 3.75. The Morgan fingerprint density at radius 3 is 2.88 bits per heavy atom. The zero-order chi connectivity index (χ0) is 17.2. The molecular weight excluding hydrogens is 330 g/mol. The lowest BCUT2D eigenvalue weighted by atomic mass is 9.79. The van der Waals surface area contributed by atoms with Gasteiger partial charge in [-0.25, -0.2) is 8.78 Å². The standard InChI is InChI=1S/C18H24F2N2OS/c1-24-11-16(23)22-9-7-18(13-22)6-3-8-21(12-18)10-14-4-2-5-15(19)17(14)20/h2,4-5H,3,6-13H2,1H3/t18-/m1/s1. The minimum absolute atomic E-state index is 0.121. The van der Waals surface area contributed by atoms with Crippen molar-refractivity contribution in [2.75, 3.05) is 38.2 Å². The molecule has 1 aromatic carbocycles. The molecule has 3 rings (SSSR count). The minimum Gasteiger partial charge on any atom is -0.341 e. The van der Waals surface area contributed by atoms with Crippen LogP contribution < -0.4 is 0 Å². The molecule has 2 aliphatic rings. The van der Waals surface area contributed by atoms with Gasteiger partial charge < -0.3 is 4.90 Å². The molecule has 3 nitrogen and oxygen atoms in total. The molecule has 1 amide bonds. The molecule has 0 saturated carbocycles. The van der Waals surface area contributed by atoms with Gasteiger partial charge in [0.2, 0.25) is 5.91 Å². The lowest BCUT2D eigenvalue weighted by Gasteiger charge is -2.40. The molecule has 2 heterocycles. The predicted molar refractivity (Wildman–Crippen MR) is 92.9 cm³/mol. The summed E-state index contributed by atoms with van der Waals surface area (Å²) in [5.74, 6) is -0.768. The molecule has 2 fully saturated rings. The maximum absolute atomic E-state index is 13.9. The van der Waals surface area contributed by atoms with E-state index in [1.165, 1.54) is 0 Å². The van der Waals surface area contributed by atoms with Gasteiger partial charge in [0, 0.05) is 37.2 Å². The van der Waals surface area contributed by atoms with E-state index in [-0.39, 0.29) is 11.3 Å². The van der Waals surface area contributed by atoms with Crippen LogP contribution in [0.4, 0.5) is 8.78 Å². The van der Waals surface area contributed by atoms with Gasteiger partial charge in [-0.05, 0) is 38.1 Å². The summed E-state index contributed by atoms with van der Waals surface area (Å²) in [6.07, 6.45) is 5.11. The molecule has 1 atom stereocenters. The lowest BCUT2D eigenvalue weighted by molar-refractivity contribution is -0.127. The molecule has 1 spiro atoms. The van der Waals surface area contributed by atoms with Gasteiger partial charge >= 0.3 is 0 Å². The van der Waals surface area contributed by atoms with E-state index in [4.69, 9.17) is 0 Å². The van der Waals surface area contributed by atoms with Gasteiger partial charge in [-0.15, -0.1) is 0 Å². The summed E-state index contributed by atoms with van der Waals surface area (Å²) in [5, 5.41) is 0. The number of carbonyl (C=O) groups excluding carboxylic acids is 1. The number of amides is 1. The van der Waals surface area contributed by atoms with Gasteiger partial charge in [-0.1, -0.05) is 12.1 Å². The third-order valence-electron chi connectivity index (χ3n) is 5.22. The van der Waals surface area contributed by atoms with Gasteiger partial charge in [0.15, 0.2) is 11.6 Å². The molecule has 0 bridgehead atoms. The molecular formula is C18H24F2N2OS. The summed E-state index contributed by atoms with van der Waals surface area (Å²) in [6, 6.07) is 4.37. The molecule has 0 unspecified atom stereocenters. The molecule has 0 aliphatic carbocycles. The van der Waals surface area contributed by atoms with Gasteiger partial charge in [-0.2, -0.15) is 11.8 Å². The smallest absolute Gasteiger partial charge is 0.232 e. The minimum atomic E-state index is -0.783. The fourth-order valence-electron chi connectivity index (χ4n) is 4.05. The summed E-state index contributed by atoms with van der Waals surface area (Å²) in [4.78, 5) is 16.3. The molecule has 1 aromatic rings. The number of nitrogens with zero attached hydrogens (tertiary/aromatic N) is 2. The Balaban J connectivity index is 1.64. The van der Waals surface area contributed by atoms with E-state index in [1.54, 1.807) is 23.9 Å². The van der Waals surface area contributed by atoms with Gasteiger partial charge in [0.1, 0.15) is 0 Å². The largest absolute Gasteiger partial charge is 0.341 e. The fourth-order valence-corrected chi connectivity index (χ4v) is 4.48. The van der Waals surface area contributed by atoms with E-state index in [9.17, 15) is 13.6 Å². The second-order valence-electron chi connectivity index (χ2n) is 7.03. The van der Waals surface area contributed by atoms with E-state index >= 15 is 0 Å². The van der Waals surface area contributed by atoms with Crippen LogP contribution in [0, 0.1) is 17.0 Å². The molecule has 24 heavy (non-hydrogen) atoms. The van der Waals surface area contributed by atoms with Gasteiger partial charge in [0.25, 0.3) is 0 Å². The Kier molecular flexibility index (Phi) is 5.45. The number of benzene rings is 1. The summed E-state index contributed by atoms with van der Waals surface area (Å²) in [5.41, 5.74) is 0.538. The van der Waals surface area contributed by atoms with Crippen LogP contribution in [-0.2, 0) is 11.3 Å². The first kappa shape index (κ1) is 17.7. The molecule has 6 heteroatoms. The van der Waals surface area contributed by atoms with Crippen LogP contribution in [0.2, 0.25) is 0 Å². The first-order chi connectivity index (χ1) is 11.5. The van der Waals surface area contributed by atoms with Crippen LogP contribution in [0.25, 0.3) is 0 Å². The Morgan fingerprint density at radius 1 is 1.25 bits per heavy atom. The quantitative estimate of drug-likeness (QED) is 0.830. The monoisotopic (exact) mass is 354 g/mol. The van der Waals surface area contributed by atoms with Crippen molar-refractivity contribution in [3.05, 3.63) is 35.4 Å². The Labute approximate surface area is 146 Å². The van der Waals surface area contributed by atoms with Crippen molar-refractivity contribution >= 4 is 17.7 Å². The molecule has 0 radical (unpaired) electrons. The number of carbonyl (C=O) groups is 1. The third-order valence-corrected chi connectivity index (χ3v) is 5.76. The highest BCUT2D eigenvalue weighted by atomic mass is 32.2. The van der Waals surface area contributed by atoms with E-state index in [0.717, 1.165) is 51.5 Å². The van der Waals surface area contributed by atoms with Crippen LogP contribution in [0.5, 0.6) is 0 Å². The molecule has 2 saturated heterocycles. The highest BCUT2D eigenvalue weighted by Gasteiger charge is 2.42. The summed E-state index contributed by atoms with van der Waals surface area (Å²) < 4.78 is 27.3. The number of halogens is 2. The molecule has 0 N–H and O–H groups in total. The molecule has 2 aliphatic heterocycles. The van der Waals surface area contributed by atoms with Gasteiger partial charge in [0.05, 0.1) is 5.75 Å². The van der Waals surface area contributed by atoms with Crippen molar-refractivity contribution in [2.45, 2.75) is 25.8 Å². The fraction of sp³-hybridized carbons (Fsp3) is 0.611. The topological polar surface area (TPSA) is 23.6 Å². The zero-order valence-corrected chi connectivity index (χ0v) is 14.9. The van der Waals surface area contributed by atoms with Crippen LogP contribution in [0.1, 0.15) is 24.8 Å². The molecule has 0 aromatic heterocycles. The predicted octanol–water partition coefficient (Wildman–Crippen LogP) is 3.14. The van der Waals surface area contributed by atoms with Crippen LogP contribution in [-0.4, -0.2) is 53.9 Å². The highest BCUT2D eigenvalue weighted by Crippen LogP contribution is 2.39. The number of hydrogen-bond donors (Lipinski definition) is 0. The summed E-state index contributed by atoms with van der Waals surface area (Å²) in [6.45, 7) is 3.81. The first-order valence-electron chi connectivity index (χ1n) is 8.45. The number of rotatable bonds is 4. The maximum Gasteiger partial charge on any atom is 0.232 e. The van der Waals surface area contributed by atoms with Crippen molar-refractivity contribution in [1.82, 2.24) is 9.80 Å². The van der Waals surface area contributed by atoms with Crippen molar-refractivity contribution < 1.29 is 13.6 Å². The Morgan fingerprint density at radius 2 is 2.08 bits per heavy atom. The molecule has 132 valence electrons. The second-order valence-corrected chi connectivity index (χ2v) is 7.89. The number of hydrogen-bond acceptors (Lipinski definition) is 3. The Hall–Kier alpha value is -1.14. The van der Waals surface area contributed by atoms with E-state index in [0.29, 0.717) is 17.9 Å². The zero-order valence-electron chi connectivity index (χ0n) is 14.1. The van der Waals surface area contributed by atoms with Crippen molar-refractivity contribution in [1.29, 1.82) is 0 Å². The average molecular weight is 354 g/mol. The number of likely N-dealkylation sites (tertiary alicyclic amines) is 2. The van der Waals surface area contributed by atoms with Crippen LogP contribution >= 0.6 is 11.8 Å². The van der Waals surface area contributed by atoms with Crippen molar-refractivity contribution in [2.24, 2.45) is 5.41 Å². The van der Waals surface area contributed by atoms with E-state index in [2.05, 4.69) is 4.90 Å². The summed E-state index contributed by atoms with van der Waals surface area (Å²) >= 11 is 1.56. The van der Waals surface area contributed by atoms with E-state index < -0.39 is 11.6 Å². The van der Waals surface area contributed by atoms with Crippen LogP contribution in [0.15, 0.2) is 18.2 Å². The maximum atomic E-state index is 13.9. The van der Waals surface area contributed by atoms with E-state index in [1.807, 2.05) is 11.2 Å².